The summed E-state index contributed by atoms with van der Waals surface area (Å²) in [7, 11) is -1.40. The van der Waals surface area contributed by atoms with Crippen molar-refractivity contribution in [1.82, 2.24) is 4.31 Å². The number of nitrogens with zero attached hydrogens (tertiary/aromatic N) is 1. The van der Waals surface area contributed by atoms with Gasteiger partial charge in [-0.15, -0.1) is 0 Å². The fraction of sp³-hybridized carbons (Fsp3) is 0.222. The summed E-state index contributed by atoms with van der Waals surface area (Å²) >= 11 is 0. The Hall–Kier alpha value is -2.98. The van der Waals surface area contributed by atoms with Gasteiger partial charge < -0.3 is 15.4 Å². The number of nitrogens with one attached hydrogen (secondary N) is 2. The number of carbonyl (C=O) groups excluding carboxylic acids is 2. The molecule has 0 unspecified atom stereocenters. The maximum atomic E-state index is 13.2. The van der Waals surface area contributed by atoms with E-state index < -0.39 is 34.2 Å². The number of hydrogen-bond acceptors (Lipinski definition) is 5. The largest absolute Gasteiger partial charge is 0.495 e. The summed E-state index contributed by atoms with van der Waals surface area (Å²) in [5.41, 5.74) is 0.405. The van der Waals surface area contributed by atoms with Gasteiger partial charge in [0.1, 0.15) is 11.6 Å². The highest BCUT2D eigenvalue weighted by Gasteiger charge is 2.24. The van der Waals surface area contributed by atoms with Crippen molar-refractivity contribution in [2.24, 2.45) is 0 Å². The van der Waals surface area contributed by atoms with Crippen LogP contribution in [0, 0.1) is 5.82 Å². The van der Waals surface area contributed by atoms with Crippen LogP contribution in [0.3, 0.4) is 0 Å². The van der Waals surface area contributed by atoms with E-state index in [1.165, 1.54) is 57.5 Å². The Morgan fingerprint density at radius 1 is 1.14 bits per heavy atom. The zero-order chi connectivity index (χ0) is 20.9. The molecule has 0 saturated carbocycles. The molecule has 0 fully saturated rings. The number of carbonyl (C=O) groups is 2. The number of anilines is 2. The molecule has 10 heteroatoms. The Morgan fingerprint density at radius 2 is 1.86 bits per heavy atom. The van der Waals surface area contributed by atoms with Crippen LogP contribution in [-0.2, 0) is 19.6 Å². The fourth-order valence-electron chi connectivity index (χ4n) is 2.37. The van der Waals surface area contributed by atoms with Crippen molar-refractivity contribution < 1.29 is 27.1 Å². The van der Waals surface area contributed by atoms with Crippen LogP contribution in [0.5, 0.6) is 5.75 Å². The summed E-state index contributed by atoms with van der Waals surface area (Å²) in [6.07, 6.45) is 0. The van der Waals surface area contributed by atoms with E-state index in [9.17, 15) is 22.4 Å². The third kappa shape index (κ3) is 5.27. The number of methoxy groups -OCH3 is 1. The maximum Gasteiger partial charge on any atom is 0.243 e. The number of halogens is 1. The Morgan fingerprint density at radius 3 is 2.46 bits per heavy atom. The van der Waals surface area contributed by atoms with Crippen LogP contribution in [0.25, 0.3) is 0 Å². The summed E-state index contributed by atoms with van der Waals surface area (Å²) in [4.78, 5) is 23.3. The molecule has 2 N–H and O–H groups in total. The first-order chi connectivity index (χ1) is 13.1. The van der Waals surface area contributed by atoms with Crippen molar-refractivity contribution >= 4 is 33.2 Å². The first-order valence-electron chi connectivity index (χ1n) is 8.11. The van der Waals surface area contributed by atoms with E-state index in [4.69, 9.17) is 4.74 Å². The molecule has 0 radical (unpaired) electrons. The molecule has 0 spiro atoms. The summed E-state index contributed by atoms with van der Waals surface area (Å²) in [6.45, 7) is 0.795. The van der Waals surface area contributed by atoms with Gasteiger partial charge in [0, 0.05) is 19.7 Å². The van der Waals surface area contributed by atoms with Crippen LogP contribution >= 0.6 is 0 Å². The third-order valence-corrected chi connectivity index (χ3v) is 5.46. The molecule has 0 atom stereocenters. The molecular weight excluding hydrogens is 389 g/mol. The first-order valence-corrected chi connectivity index (χ1v) is 9.55. The van der Waals surface area contributed by atoms with E-state index in [0.717, 1.165) is 10.4 Å². The molecule has 150 valence electrons. The smallest absolute Gasteiger partial charge is 0.243 e. The number of rotatable bonds is 7. The van der Waals surface area contributed by atoms with Gasteiger partial charge in [0.2, 0.25) is 21.8 Å². The Bertz CT molecular complexity index is 994. The molecule has 0 bridgehead atoms. The SMILES string of the molecule is COc1ccc(S(=O)(=O)N(C)CC(=O)Nc2cccc(F)c2)cc1NC(C)=O. The monoisotopic (exact) mass is 409 g/mol. The van der Waals surface area contributed by atoms with Crippen molar-refractivity contribution in [2.45, 2.75) is 11.8 Å². The quantitative estimate of drug-likeness (QED) is 0.728. The van der Waals surface area contributed by atoms with Gasteiger partial charge in [-0.3, -0.25) is 9.59 Å². The Kier molecular flexibility index (Phi) is 6.71. The minimum absolute atomic E-state index is 0.127. The lowest BCUT2D eigenvalue weighted by Crippen LogP contribution is -2.35. The number of hydrogen-bond donors (Lipinski definition) is 2. The predicted octanol–water partition coefficient (Wildman–Crippen LogP) is 2.05. The third-order valence-electron chi connectivity index (χ3n) is 3.66. The molecule has 0 aromatic heterocycles. The van der Waals surface area contributed by atoms with Gasteiger partial charge in [-0.1, -0.05) is 6.07 Å². The summed E-state index contributed by atoms with van der Waals surface area (Å²) < 4.78 is 44.6. The molecule has 2 aromatic carbocycles. The Balaban J connectivity index is 2.18. The molecule has 28 heavy (non-hydrogen) atoms. The van der Waals surface area contributed by atoms with Gasteiger partial charge in [0.25, 0.3) is 0 Å². The molecule has 2 aromatic rings. The second-order valence-corrected chi connectivity index (χ2v) is 7.91. The van der Waals surface area contributed by atoms with Crippen LogP contribution in [0.2, 0.25) is 0 Å². The molecular formula is C18H20FN3O5S. The van der Waals surface area contributed by atoms with Crippen LogP contribution in [0.15, 0.2) is 47.4 Å². The standard InChI is InChI=1S/C18H20FN3O5S/c1-12(23)20-16-10-15(7-8-17(16)27-3)28(25,26)22(2)11-18(24)21-14-6-4-5-13(19)9-14/h4-10H,11H2,1-3H3,(H,20,23)(H,21,24). The van der Waals surface area contributed by atoms with E-state index in [0.29, 0.717) is 5.75 Å². The second-order valence-electron chi connectivity index (χ2n) is 5.86. The minimum Gasteiger partial charge on any atom is -0.495 e. The highest BCUT2D eigenvalue weighted by atomic mass is 32.2. The first kappa shape index (κ1) is 21.3. The molecule has 0 heterocycles. The normalized spacial score (nSPS) is 11.2. The highest BCUT2D eigenvalue weighted by molar-refractivity contribution is 7.89. The van der Waals surface area contributed by atoms with E-state index in [2.05, 4.69) is 10.6 Å². The van der Waals surface area contributed by atoms with Crippen molar-refractivity contribution in [3.8, 4) is 5.75 Å². The van der Waals surface area contributed by atoms with Crippen molar-refractivity contribution in [3.63, 3.8) is 0 Å². The lowest BCUT2D eigenvalue weighted by molar-refractivity contribution is -0.116. The second kappa shape index (κ2) is 8.81. The van der Waals surface area contributed by atoms with Crippen molar-refractivity contribution in [1.29, 1.82) is 0 Å². The summed E-state index contributed by atoms with van der Waals surface area (Å²) in [5, 5.41) is 4.92. The zero-order valence-electron chi connectivity index (χ0n) is 15.5. The van der Waals surface area contributed by atoms with Crippen molar-refractivity contribution in [3.05, 3.63) is 48.3 Å². The predicted molar refractivity (Wildman–Crippen MR) is 102 cm³/mol. The average molecular weight is 409 g/mol. The molecule has 2 rings (SSSR count). The molecule has 0 aliphatic rings. The van der Waals surface area contributed by atoms with Crippen LogP contribution in [0.4, 0.5) is 15.8 Å². The highest BCUT2D eigenvalue weighted by Crippen LogP contribution is 2.28. The van der Waals surface area contributed by atoms with E-state index in [1.54, 1.807) is 0 Å². The number of amides is 2. The molecule has 2 amide bonds. The lowest BCUT2D eigenvalue weighted by Gasteiger charge is -2.18. The van der Waals surface area contributed by atoms with Crippen LogP contribution in [0.1, 0.15) is 6.92 Å². The molecule has 0 aliphatic heterocycles. The lowest BCUT2D eigenvalue weighted by atomic mass is 10.3. The van der Waals surface area contributed by atoms with E-state index in [-0.39, 0.29) is 16.3 Å². The van der Waals surface area contributed by atoms with E-state index in [1.807, 2.05) is 0 Å². The van der Waals surface area contributed by atoms with Gasteiger partial charge in [-0.2, -0.15) is 4.31 Å². The number of likely N-dealkylation sites (N-methyl/N-ethyl adjacent to an activating group) is 1. The van der Waals surface area contributed by atoms with Crippen LogP contribution < -0.4 is 15.4 Å². The van der Waals surface area contributed by atoms with Gasteiger partial charge >= 0.3 is 0 Å². The summed E-state index contributed by atoms with van der Waals surface area (Å²) in [5.74, 6) is -1.26. The molecule has 8 nitrogen and oxygen atoms in total. The zero-order valence-corrected chi connectivity index (χ0v) is 16.3. The minimum atomic E-state index is -4.03. The Labute approximate surface area is 162 Å². The number of ether oxygens (including phenoxy) is 1. The van der Waals surface area contributed by atoms with Gasteiger partial charge in [0.05, 0.1) is 24.2 Å². The van der Waals surface area contributed by atoms with Gasteiger partial charge in [-0.25, -0.2) is 12.8 Å². The van der Waals surface area contributed by atoms with Crippen molar-refractivity contribution in [2.75, 3.05) is 31.3 Å². The summed E-state index contributed by atoms with van der Waals surface area (Å²) in [6, 6.07) is 9.21. The average Bonchev–Trinajstić information content (AvgIpc) is 2.60. The van der Waals surface area contributed by atoms with Gasteiger partial charge in [-0.05, 0) is 36.4 Å². The number of sulfonamides is 1. The molecule has 0 aliphatic carbocycles. The fourth-order valence-corrected chi connectivity index (χ4v) is 3.52. The van der Waals surface area contributed by atoms with Crippen LogP contribution in [-0.4, -0.2) is 45.2 Å². The topological polar surface area (TPSA) is 105 Å². The number of benzene rings is 2. The van der Waals surface area contributed by atoms with E-state index >= 15 is 0 Å². The van der Waals surface area contributed by atoms with Gasteiger partial charge in [0.15, 0.2) is 0 Å². The maximum absolute atomic E-state index is 13.2. The molecule has 0 saturated heterocycles.